The van der Waals surface area contributed by atoms with Crippen molar-refractivity contribution in [1.82, 2.24) is 10.2 Å². The maximum absolute atomic E-state index is 5.77. The lowest BCUT2D eigenvalue weighted by Crippen LogP contribution is -2.21. The highest BCUT2D eigenvalue weighted by atomic mass is 79.9. The van der Waals surface area contributed by atoms with E-state index in [1.165, 1.54) is 5.56 Å². The van der Waals surface area contributed by atoms with Gasteiger partial charge in [-0.3, -0.25) is 0 Å². The van der Waals surface area contributed by atoms with Crippen LogP contribution in [0.3, 0.4) is 0 Å². The molecule has 0 unspecified atom stereocenters. The molecule has 0 atom stereocenters. The lowest BCUT2D eigenvalue weighted by molar-refractivity contribution is 0.313. The first-order valence-electron chi connectivity index (χ1n) is 6.90. The van der Waals surface area contributed by atoms with Gasteiger partial charge in [0.15, 0.2) is 0 Å². The van der Waals surface area contributed by atoms with Crippen molar-refractivity contribution in [1.29, 1.82) is 0 Å². The third-order valence-electron chi connectivity index (χ3n) is 2.76. The summed E-state index contributed by atoms with van der Waals surface area (Å²) < 4.78 is 6.87. The molecule has 0 bridgehead atoms. The van der Waals surface area contributed by atoms with Crippen LogP contribution in [0.15, 0.2) is 22.7 Å². The molecule has 0 fully saturated rings. The van der Waals surface area contributed by atoms with Crippen LogP contribution in [-0.4, -0.2) is 38.7 Å². The minimum Gasteiger partial charge on any atom is -0.493 e. The number of benzene rings is 1. The molecule has 0 spiro atoms. The van der Waals surface area contributed by atoms with E-state index in [2.05, 4.69) is 53.2 Å². The first kappa shape index (κ1) is 16.5. The molecule has 1 aromatic rings. The zero-order valence-corrected chi connectivity index (χ0v) is 13.8. The highest BCUT2D eigenvalue weighted by molar-refractivity contribution is 9.10. The second kappa shape index (κ2) is 9.34. The van der Waals surface area contributed by atoms with Crippen LogP contribution >= 0.6 is 15.9 Å². The van der Waals surface area contributed by atoms with Crippen molar-refractivity contribution in [2.45, 2.75) is 26.3 Å². The molecule has 1 N–H and O–H groups in total. The molecule has 1 rings (SSSR count). The van der Waals surface area contributed by atoms with Crippen molar-refractivity contribution in [3.8, 4) is 5.75 Å². The van der Waals surface area contributed by atoms with Crippen molar-refractivity contribution >= 4 is 15.9 Å². The number of nitrogens with one attached hydrogen (secondary N) is 1. The molecule has 0 aliphatic rings. The molecule has 0 aliphatic carbocycles. The van der Waals surface area contributed by atoms with E-state index >= 15 is 0 Å². The van der Waals surface area contributed by atoms with Crippen molar-refractivity contribution in [3.05, 3.63) is 28.2 Å². The van der Waals surface area contributed by atoms with Gasteiger partial charge in [0, 0.05) is 16.6 Å². The normalized spacial score (nSPS) is 11.0. The third kappa shape index (κ3) is 6.95. The number of hydrogen-bond donors (Lipinski definition) is 1. The van der Waals surface area contributed by atoms with Crippen molar-refractivity contribution in [2.75, 3.05) is 33.8 Å². The highest BCUT2D eigenvalue weighted by Crippen LogP contribution is 2.23. The monoisotopic (exact) mass is 328 g/mol. The fourth-order valence-electron chi connectivity index (χ4n) is 1.78. The van der Waals surface area contributed by atoms with E-state index in [1.54, 1.807) is 0 Å². The lowest BCUT2D eigenvalue weighted by Gasteiger charge is -2.13. The largest absolute Gasteiger partial charge is 0.493 e. The van der Waals surface area contributed by atoms with Crippen LogP contribution in [0.25, 0.3) is 0 Å². The van der Waals surface area contributed by atoms with E-state index in [0.717, 1.165) is 49.3 Å². The second-order valence-corrected chi connectivity index (χ2v) is 5.85. The van der Waals surface area contributed by atoms with Crippen LogP contribution in [0.5, 0.6) is 5.75 Å². The second-order valence-electron chi connectivity index (χ2n) is 4.93. The standard InChI is InChI=1S/C15H25BrN2O/c1-4-10-19-15-7-6-14(16)11-13(15)12-17-8-5-9-18(2)3/h6-7,11,17H,4-5,8-10,12H2,1-3H3. The van der Waals surface area contributed by atoms with E-state index in [4.69, 9.17) is 4.74 Å². The van der Waals surface area contributed by atoms with Crippen molar-refractivity contribution in [3.63, 3.8) is 0 Å². The predicted molar refractivity (Wildman–Crippen MR) is 84.8 cm³/mol. The van der Waals surface area contributed by atoms with Gasteiger partial charge < -0.3 is 15.0 Å². The molecular weight excluding hydrogens is 304 g/mol. The van der Waals surface area contributed by atoms with Crippen LogP contribution in [0.4, 0.5) is 0 Å². The van der Waals surface area contributed by atoms with E-state index < -0.39 is 0 Å². The van der Waals surface area contributed by atoms with Gasteiger partial charge in [-0.2, -0.15) is 0 Å². The average Bonchev–Trinajstić information content (AvgIpc) is 2.37. The molecule has 0 saturated heterocycles. The minimum atomic E-state index is 0.773. The molecule has 0 heterocycles. The van der Waals surface area contributed by atoms with Crippen molar-refractivity contribution in [2.24, 2.45) is 0 Å². The van der Waals surface area contributed by atoms with Gasteiger partial charge in [-0.1, -0.05) is 22.9 Å². The van der Waals surface area contributed by atoms with Crippen LogP contribution in [0, 0.1) is 0 Å². The fraction of sp³-hybridized carbons (Fsp3) is 0.600. The summed E-state index contributed by atoms with van der Waals surface area (Å²) in [5.41, 5.74) is 1.22. The molecule has 1 aromatic carbocycles. The first-order valence-corrected chi connectivity index (χ1v) is 7.69. The first-order chi connectivity index (χ1) is 9.13. The summed E-state index contributed by atoms with van der Waals surface area (Å²) in [5, 5.41) is 3.47. The molecule has 0 aromatic heterocycles. The molecule has 19 heavy (non-hydrogen) atoms. The van der Waals surface area contributed by atoms with E-state index in [9.17, 15) is 0 Å². The Morgan fingerprint density at radius 1 is 1.32 bits per heavy atom. The Morgan fingerprint density at radius 3 is 2.79 bits per heavy atom. The fourth-order valence-corrected chi connectivity index (χ4v) is 2.19. The Hall–Kier alpha value is -0.580. The number of rotatable bonds is 9. The van der Waals surface area contributed by atoms with Gasteiger partial charge in [0.1, 0.15) is 5.75 Å². The lowest BCUT2D eigenvalue weighted by atomic mass is 10.2. The minimum absolute atomic E-state index is 0.773. The summed E-state index contributed by atoms with van der Waals surface area (Å²) in [4.78, 5) is 2.20. The molecule has 4 heteroatoms. The van der Waals surface area contributed by atoms with E-state index in [-0.39, 0.29) is 0 Å². The van der Waals surface area contributed by atoms with Gasteiger partial charge in [0.25, 0.3) is 0 Å². The summed E-state index contributed by atoms with van der Waals surface area (Å²) in [7, 11) is 4.20. The molecule has 0 aliphatic heterocycles. The SMILES string of the molecule is CCCOc1ccc(Br)cc1CNCCCN(C)C. The van der Waals surface area contributed by atoms with Gasteiger partial charge >= 0.3 is 0 Å². The van der Waals surface area contributed by atoms with Gasteiger partial charge in [0.2, 0.25) is 0 Å². The average molecular weight is 329 g/mol. The van der Waals surface area contributed by atoms with Gasteiger partial charge in [-0.25, -0.2) is 0 Å². The molecule has 108 valence electrons. The molecular formula is C15H25BrN2O. The van der Waals surface area contributed by atoms with Crippen LogP contribution in [0.2, 0.25) is 0 Å². The van der Waals surface area contributed by atoms with Crippen LogP contribution < -0.4 is 10.1 Å². The molecule has 0 saturated carbocycles. The Morgan fingerprint density at radius 2 is 2.11 bits per heavy atom. The predicted octanol–water partition coefficient (Wildman–Crippen LogP) is 3.28. The quantitative estimate of drug-likeness (QED) is 0.704. The Balaban J connectivity index is 2.44. The van der Waals surface area contributed by atoms with Gasteiger partial charge in [0.05, 0.1) is 6.61 Å². The molecule has 0 radical (unpaired) electrons. The number of ether oxygens (including phenoxy) is 1. The van der Waals surface area contributed by atoms with Gasteiger partial charge in [-0.05, 0) is 58.2 Å². The zero-order valence-electron chi connectivity index (χ0n) is 12.2. The zero-order chi connectivity index (χ0) is 14.1. The van der Waals surface area contributed by atoms with E-state index in [0.29, 0.717) is 0 Å². The maximum atomic E-state index is 5.77. The van der Waals surface area contributed by atoms with Crippen LogP contribution in [0.1, 0.15) is 25.3 Å². The highest BCUT2D eigenvalue weighted by Gasteiger charge is 2.04. The summed E-state index contributed by atoms with van der Waals surface area (Å²) >= 11 is 3.52. The number of halogens is 1. The smallest absolute Gasteiger partial charge is 0.123 e. The van der Waals surface area contributed by atoms with Crippen LogP contribution in [-0.2, 0) is 6.54 Å². The number of hydrogen-bond acceptors (Lipinski definition) is 3. The third-order valence-corrected chi connectivity index (χ3v) is 3.25. The Kier molecular flexibility index (Phi) is 8.10. The summed E-state index contributed by atoms with van der Waals surface area (Å²) in [6, 6.07) is 6.20. The Bertz CT molecular complexity index is 369. The van der Waals surface area contributed by atoms with Crippen molar-refractivity contribution < 1.29 is 4.74 Å². The van der Waals surface area contributed by atoms with Gasteiger partial charge in [-0.15, -0.1) is 0 Å². The maximum Gasteiger partial charge on any atom is 0.123 e. The summed E-state index contributed by atoms with van der Waals surface area (Å²) in [6.07, 6.45) is 2.19. The molecule has 3 nitrogen and oxygen atoms in total. The topological polar surface area (TPSA) is 24.5 Å². The summed E-state index contributed by atoms with van der Waals surface area (Å²) in [6.45, 7) is 5.89. The molecule has 0 amide bonds. The number of nitrogens with zero attached hydrogens (tertiary/aromatic N) is 1. The van der Waals surface area contributed by atoms with E-state index in [1.807, 2.05) is 12.1 Å². The Labute approximate surface area is 125 Å². The summed E-state index contributed by atoms with van der Waals surface area (Å²) in [5.74, 6) is 0.991.